The molecule has 1 aromatic carbocycles. The van der Waals surface area contributed by atoms with Crippen molar-refractivity contribution >= 4 is 5.91 Å². The third kappa shape index (κ3) is 3.32. The van der Waals surface area contributed by atoms with E-state index in [9.17, 15) is 4.79 Å². The zero-order chi connectivity index (χ0) is 19.6. The molecule has 5 heteroatoms. The number of carbonyl (C=O) groups excluding carboxylic acids is 1. The van der Waals surface area contributed by atoms with Gasteiger partial charge in [-0.15, -0.1) is 0 Å². The molecular weight excluding hydrogens is 350 g/mol. The number of hydrogen-bond acceptors (Lipinski definition) is 4. The summed E-state index contributed by atoms with van der Waals surface area (Å²) < 4.78 is 6.05. The highest BCUT2D eigenvalue weighted by Crippen LogP contribution is 2.55. The van der Waals surface area contributed by atoms with Crippen molar-refractivity contribution in [3.8, 4) is 11.3 Å². The predicted octanol–water partition coefficient (Wildman–Crippen LogP) is 4.34. The van der Waals surface area contributed by atoms with Gasteiger partial charge in [-0.1, -0.05) is 49.6 Å². The van der Waals surface area contributed by atoms with Crippen LogP contribution in [0.1, 0.15) is 55.8 Å². The molecule has 0 saturated heterocycles. The van der Waals surface area contributed by atoms with E-state index in [4.69, 9.17) is 4.74 Å². The number of carbonyl (C=O) groups is 1. The summed E-state index contributed by atoms with van der Waals surface area (Å²) in [5.41, 5.74) is 2.42. The van der Waals surface area contributed by atoms with Gasteiger partial charge in [0, 0.05) is 30.7 Å². The highest BCUT2D eigenvalue weighted by molar-refractivity contribution is 5.95. The van der Waals surface area contributed by atoms with Crippen LogP contribution >= 0.6 is 0 Å². The van der Waals surface area contributed by atoms with Crippen molar-refractivity contribution in [2.45, 2.75) is 57.6 Å². The molecule has 1 heterocycles. The van der Waals surface area contributed by atoms with Gasteiger partial charge in [0.15, 0.2) is 0 Å². The minimum absolute atomic E-state index is 0.0250. The van der Waals surface area contributed by atoms with E-state index in [2.05, 4.69) is 17.1 Å². The van der Waals surface area contributed by atoms with Crippen LogP contribution in [0.2, 0.25) is 0 Å². The summed E-state index contributed by atoms with van der Waals surface area (Å²) in [5.74, 6) is 0.0250. The Labute approximate surface area is 167 Å². The van der Waals surface area contributed by atoms with Gasteiger partial charge in [-0.2, -0.15) is 10.2 Å². The summed E-state index contributed by atoms with van der Waals surface area (Å²) in [6.45, 7) is 2.80. The molecule has 0 aliphatic heterocycles. The molecule has 2 aliphatic rings. The number of nitrogens with zero attached hydrogens (tertiary/aromatic N) is 3. The Kier molecular flexibility index (Phi) is 5.44. The van der Waals surface area contributed by atoms with E-state index in [-0.39, 0.29) is 23.5 Å². The molecular formula is C23H29N3O2. The van der Waals surface area contributed by atoms with Crippen molar-refractivity contribution in [2.24, 2.45) is 5.41 Å². The molecule has 148 valence electrons. The van der Waals surface area contributed by atoms with Crippen LogP contribution in [0.5, 0.6) is 0 Å². The monoisotopic (exact) mass is 379 g/mol. The molecule has 1 aromatic heterocycles. The van der Waals surface area contributed by atoms with Gasteiger partial charge in [0.25, 0.3) is 5.91 Å². The summed E-state index contributed by atoms with van der Waals surface area (Å²) >= 11 is 0. The highest BCUT2D eigenvalue weighted by Gasteiger charge is 2.57. The Morgan fingerprint density at radius 3 is 2.68 bits per heavy atom. The molecule has 28 heavy (non-hydrogen) atoms. The average Bonchev–Trinajstić information content (AvgIpc) is 2.76. The van der Waals surface area contributed by atoms with Gasteiger partial charge in [-0.25, -0.2) is 0 Å². The quantitative estimate of drug-likeness (QED) is 0.775. The molecule has 5 nitrogen and oxygen atoms in total. The first-order valence-corrected chi connectivity index (χ1v) is 10.4. The average molecular weight is 380 g/mol. The summed E-state index contributed by atoms with van der Waals surface area (Å²) in [5, 5.41) is 8.30. The predicted molar refractivity (Wildman–Crippen MR) is 109 cm³/mol. The van der Waals surface area contributed by atoms with E-state index in [1.807, 2.05) is 48.3 Å². The maximum absolute atomic E-state index is 13.3. The lowest BCUT2D eigenvalue weighted by Gasteiger charge is -2.60. The van der Waals surface area contributed by atoms with Crippen molar-refractivity contribution in [2.75, 3.05) is 13.7 Å². The molecule has 2 unspecified atom stereocenters. The number of ether oxygens (including phenoxy) is 1. The first-order chi connectivity index (χ1) is 13.7. The second-order valence-electron chi connectivity index (χ2n) is 8.10. The van der Waals surface area contributed by atoms with E-state index in [1.165, 1.54) is 19.3 Å². The van der Waals surface area contributed by atoms with Crippen LogP contribution in [0.4, 0.5) is 0 Å². The first kappa shape index (κ1) is 19.1. The van der Waals surface area contributed by atoms with Crippen LogP contribution < -0.4 is 0 Å². The number of benzene rings is 1. The Morgan fingerprint density at radius 2 is 1.96 bits per heavy atom. The minimum Gasteiger partial charge on any atom is -0.378 e. The second kappa shape index (κ2) is 8.00. The second-order valence-corrected chi connectivity index (χ2v) is 8.10. The molecule has 2 aromatic rings. The van der Waals surface area contributed by atoms with E-state index in [0.29, 0.717) is 5.56 Å². The molecule has 2 aliphatic carbocycles. The van der Waals surface area contributed by atoms with Crippen molar-refractivity contribution in [3.05, 3.63) is 48.2 Å². The lowest BCUT2D eigenvalue weighted by Crippen LogP contribution is -2.65. The fourth-order valence-electron chi connectivity index (χ4n) is 5.15. The molecule has 0 radical (unpaired) electrons. The van der Waals surface area contributed by atoms with Crippen LogP contribution in [-0.4, -0.2) is 46.8 Å². The highest BCUT2D eigenvalue weighted by atomic mass is 16.5. The molecule has 4 rings (SSSR count). The standard InChI is InChI=1S/C23H29N3O2/c1-3-28-21-15-20(23(21)12-8-5-9-13-23)26(2)22(27)18-14-19(25-24-16-18)17-10-6-4-7-11-17/h4,6-7,10-11,14,16,20-21H,3,5,8-9,12-13,15H2,1-2H3. The Hall–Kier alpha value is -2.27. The van der Waals surface area contributed by atoms with E-state index >= 15 is 0 Å². The number of hydrogen-bond donors (Lipinski definition) is 0. The minimum atomic E-state index is 0.0250. The van der Waals surface area contributed by atoms with Gasteiger partial charge >= 0.3 is 0 Å². The summed E-state index contributed by atoms with van der Waals surface area (Å²) in [6.07, 6.45) is 8.87. The van der Waals surface area contributed by atoms with Gasteiger partial charge in [-0.05, 0) is 32.3 Å². The molecule has 2 saturated carbocycles. The smallest absolute Gasteiger partial charge is 0.255 e. The summed E-state index contributed by atoms with van der Waals surface area (Å²) in [6, 6.07) is 12.0. The van der Waals surface area contributed by atoms with Crippen LogP contribution in [0.3, 0.4) is 0 Å². The van der Waals surface area contributed by atoms with Crippen LogP contribution in [0.15, 0.2) is 42.6 Å². The number of amides is 1. The van der Waals surface area contributed by atoms with Gasteiger partial charge in [0.2, 0.25) is 0 Å². The zero-order valence-corrected chi connectivity index (χ0v) is 16.8. The topological polar surface area (TPSA) is 55.3 Å². The summed E-state index contributed by atoms with van der Waals surface area (Å²) in [7, 11) is 1.94. The molecule has 0 bridgehead atoms. The van der Waals surface area contributed by atoms with Gasteiger partial charge < -0.3 is 9.64 Å². The van der Waals surface area contributed by atoms with E-state index < -0.39 is 0 Å². The molecule has 2 atom stereocenters. The van der Waals surface area contributed by atoms with Gasteiger partial charge in [-0.3, -0.25) is 4.79 Å². The molecule has 2 fully saturated rings. The van der Waals surface area contributed by atoms with Crippen molar-refractivity contribution in [1.82, 2.24) is 15.1 Å². The van der Waals surface area contributed by atoms with Gasteiger partial charge in [0.05, 0.1) is 23.6 Å². The Bertz CT molecular complexity index is 818. The fraction of sp³-hybridized carbons (Fsp3) is 0.522. The zero-order valence-electron chi connectivity index (χ0n) is 16.8. The third-order valence-electron chi connectivity index (χ3n) is 6.65. The maximum Gasteiger partial charge on any atom is 0.255 e. The molecule has 1 amide bonds. The van der Waals surface area contributed by atoms with Crippen molar-refractivity contribution < 1.29 is 9.53 Å². The maximum atomic E-state index is 13.3. The van der Waals surface area contributed by atoms with Gasteiger partial charge in [0.1, 0.15) is 0 Å². The van der Waals surface area contributed by atoms with E-state index in [1.54, 1.807) is 6.20 Å². The lowest BCUT2D eigenvalue weighted by atomic mass is 9.54. The van der Waals surface area contributed by atoms with Crippen LogP contribution in [0, 0.1) is 5.41 Å². The Balaban J connectivity index is 1.55. The van der Waals surface area contributed by atoms with Crippen LogP contribution in [-0.2, 0) is 4.74 Å². The van der Waals surface area contributed by atoms with Crippen molar-refractivity contribution in [1.29, 1.82) is 0 Å². The SMILES string of the molecule is CCOC1CC(N(C)C(=O)c2cnnc(-c3ccccc3)c2)C12CCCCC2. The largest absolute Gasteiger partial charge is 0.378 e. The van der Waals surface area contributed by atoms with Crippen LogP contribution in [0.25, 0.3) is 11.3 Å². The molecule has 0 N–H and O–H groups in total. The third-order valence-corrected chi connectivity index (χ3v) is 6.65. The number of aromatic nitrogens is 2. The molecule has 1 spiro atoms. The summed E-state index contributed by atoms with van der Waals surface area (Å²) in [4.78, 5) is 15.2. The van der Waals surface area contributed by atoms with E-state index in [0.717, 1.165) is 37.1 Å². The van der Waals surface area contributed by atoms with Crippen molar-refractivity contribution in [3.63, 3.8) is 0 Å². The lowest BCUT2D eigenvalue weighted by molar-refractivity contribution is -0.170. The Morgan fingerprint density at radius 1 is 1.21 bits per heavy atom. The normalized spacial score (nSPS) is 23.2. The number of rotatable bonds is 5. The first-order valence-electron chi connectivity index (χ1n) is 10.4. The fourth-order valence-corrected chi connectivity index (χ4v) is 5.15.